The number of aromatic nitrogens is 5. The molecule has 7 nitrogen and oxygen atoms in total. The lowest BCUT2D eigenvalue weighted by atomic mass is 9.92. The molecule has 0 radical (unpaired) electrons. The molecule has 0 N–H and O–H groups in total. The van der Waals surface area contributed by atoms with Gasteiger partial charge in [-0.2, -0.15) is 4.98 Å². The minimum absolute atomic E-state index is 0.0802. The number of fused-ring (bicyclic) bond motifs is 3. The van der Waals surface area contributed by atoms with Gasteiger partial charge in [0.05, 0.1) is 0 Å². The molecule has 0 saturated heterocycles. The smallest absolute Gasteiger partial charge is 0.311 e. The first kappa shape index (κ1) is 15.6. The van der Waals surface area contributed by atoms with Crippen LogP contribution in [0.5, 0.6) is 0 Å². The first-order chi connectivity index (χ1) is 10.6. The minimum Gasteiger partial charge on any atom is -0.311 e. The van der Waals surface area contributed by atoms with Crippen molar-refractivity contribution in [3.05, 3.63) is 32.7 Å². The summed E-state index contributed by atoms with van der Waals surface area (Å²) in [6.07, 6.45) is 1.97. The summed E-state index contributed by atoms with van der Waals surface area (Å²) in [7, 11) is 3.13. The van der Waals surface area contributed by atoms with Gasteiger partial charge in [-0.15, -0.1) is 0 Å². The van der Waals surface area contributed by atoms with Crippen LogP contribution in [0.3, 0.4) is 0 Å². The summed E-state index contributed by atoms with van der Waals surface area (Å²) >= 11 is 0. The molecule has 0 aliphatic heterocycles. The highest BCUT2D eigenvalue weighted by Gasteiger charge is 2.26. The monoisotopic (exact) mass is 317 g/mol. The molecule has 23 heavy (non-hydrogen) atoms. The lowest BCUT2D eigenvalue weighted by molar-refractivity contribution is 0.492. The van der Waals surface area contributed by atoms with Crippen LogP contribution < -0.4 is 11.2 Å². The standard InChI is InChI=1S/C16H23N5O2/c1-9(2)21-10(16(3,4)5)8-20-11-12(17-14(20)21)18(6)15(23)19(7)13(11)22/h8-9H,1-7H3. The Bertz CT molecular complexity index is 1040. The van der Waals surface area contributed by atoms with Crippen LogP contribution in [0.1, 0.15) is 46.4 Å². The van der Waals surface area contributed by atoms with E-state index >= 15 is 0 Å². The van der Waals surface area contributed by atoms with Gasteiger partial charge < -0.3 is 4.57 Å². The normalized spacial score (nSPS) is 12.9. The lowest BCUT2D eigenvalue weighted by Crippen LogP contribution is -2.37. The fraction of sp³-hybridized carbons (Fsp3) is 0.562. The lowest BCUT2D eigenvalue weighted by Gasteiger charge is -2.22. The highest BCUT2D eigenvalue weighted by molar-refractivity contribution is 5.75. The third-order valence-electron chi connectivity index (χ3n) is 4.28. The van der Waals surface area contributed by atoms with Gasteiger partial charge in [-0.05, 0) is 13.8 Å². The summed E-state index contributed by atoms with van der Waals surface area (Å²) in [4.78, 5) is 29.3. The van der Waals surface area contributed by atoms with Gasteiger partial charge in [0.2, 0.25) is 5.78 Å². The summed E-state index contributed by atoms with van der Waals surface area (Å²) in [5.74, 6) is 0.693. The molecule has 3 aromatic heterocycles. The predicted octanol–water partition coefficient (Wildman–Crippen LogP) is 1.56. The number of imidazole rings is 2. The molecule has 124 valence electrons. The van der Waals surface area contributed by atoms with E-state index in [1.807, 2.05) is 10.6 Å². The fourth-order valence-corrected chi connectivity index (χ4v) is 3.05. The van der Waals surface area contributed by atoms with Crippen molar-refractivity contribution in [1.29, 1.82) is 0 Å². The molecule has 0 atom stereocenters. The Morgan fingerprint density at radius 1 is 1.09 bits per heavy atom. The van der Waals surface area contributed by atoms with Crippen LogP contribution in [0.2, 0.25) is 0 Å². The molecule has 0 aromatic carbocycles. The molecule has 0 unspecified atom stereocenters. The molecule has 0 fully saturated rings. The zero-order valence-corrected chi connectivity index (χ0v) is 14.7. The average Bonchev–Trinajstić information content (AvgIpc) is 2.97. The van der Waals surface area contributed by atoms with E-state index in [1.165, 1.54) is 11.6 Å². The van der Waals surface area contributed by atoms with Gasteiger partial charge in [0.25, 0.3) is 5.56 Å². The molecule has 0 aliphatic rings. The molecule has 3 aromatic rings. The van der Waals surface area contributed by atoms with Crippen molar-refractivity contribution in [2.45, 2.75) is 46.1 Å². The van der Waals surface area contributed by atoms with E-state index < -0.39 is 0 Å². The van der Waals surface area contributed by atoms with E-state index in [9.17, 15) is 9.59 Å². The van der Waals surface area contributed by atoms with Gasteiger partial charge in [0.15, 0.2) is 11.2 Å². The van der Waals surface area contributed by atoms with E-state index in [0.29, 0.717) is 16.9 Å². The average molecular weight is 317 g/mol. The Kier molecular flexibility index (Phi) is 3.11. The van der Waals surface area contributed by atoms with Crippen LogP contribution in [-0.2, 0) is 19.5 Å². The Hall–Kier alpha value is -2.31. The van der Waals surface area contributed by atoms with Gasteiger partial charge in [-0.3, -0.25) is 18.3 Å². The molecule has 0 saturated carbocycles. The van der Waals surface area contributed by atoms with E-state index in [4.69, 9.17) is 0 Å². The molecule has 0 amide bonds. The van der Waals surface area contributed by atoms with Crippen LogP contribution in [-0.4, -0.2) is 23.1 Å². The molecule has 3 rings (SSSR count). The summed E-state index contributed by atoms with van der Waals surface area (Å²) in [5.41, 5.74) is 1.20. The van der Waals surface area contributed by atoms with Crippen molar-refractivity contribution >= 4 is 16.9 Å². The van der Waals surface area contributed by atoms with Crippen LogP contribution in [0.15, 0.2) is 15.8 Å². The summed E-state index contributed by atoms with van der Waals surface area (Å²) < 4.78 is 6.49. The second-order valence-corrected chi connectivity index (χ2v) is 7.39. The summed E-state index contributed by atoms with van der Waals surface area (Å²) in [6, 6.07) is 0.194. The quantitative estimate of drug-likeness (QED) is 0.684. The first-order valence-corrected chi connectivity index (χ1v) is 7.75. The molecule has 0 aliphatic carbocycles. The largest absolute Gasteiger partial charge is 0.332 e. The van der Waals surface area contributed by atoms with Crippen LogP contribution in [0.4, 0.5) is 0 Å². The zero-order chi connectivity index (χ0) is 17.3. The van der Waals surface area contributed by atoms with Gasteiger partial charge in [0, 0.05) is 37.4 Å². The zero-order valence-electron chi connectivity index (χ0n) is 14.7. The Morgan fingerprint density at radius 2 is 1.70 bits per heavy atom. The number of rotatable bonds is 1. The predicted molar refractivity (Wildman–Crippen MR) is 90.3 cm³/mol. The Balaban J connectivity index is 2.61. The first-order valence-electron chi connectivity index (χ1n) is 7.75. The van der Waals surface area contributed by atoms with Crippen LogP contribution in [0.25, 0.3) is 16.9 Å². The third-order valence-corrected chi connectivity index (χ3v) is 4.28. The highest BCUT2D eigenvalue weighted by Crippen LogP contribution is 2.29. The third kappa shape index (κ3) is 1.99. The van der Waals surface area contributed by atoms with E-state index in [-0.39, 0.29) is 22.7 Å². The number of nitrogens with zero attached hydrogens (tertiary/aromatic N) is 5. The van der Waals surface area contributed by atoms with Gasteiger partial charge in [0.1, 0.15) is 0 Å². The van der Waals surface area contributed by atoms with E-state index in [0.717, 1.165) is 10.3 Å². The molecule has 7 heteroatoms. The maximum Gasteiger partial charge on any atom is 0.332 e. The maximum atomic E-state index is 12.6. The maximum absolute atomic E-state index is 12.6. The summed E-state index contributed by atoms with van der Waals surface area (Å²) in [6.45, 7) is 10.6. The van der Waals surface area contributed by atoms with Gasteiger partial charge >= 0.3 is 5.69 Å². The highest BCUT2D eigenvalue weighted by atomic mass is 16.2. The number of hydrogen-bond donors (Lipinski definition) is 0. The van der Waals surface area contributed by atoms with Crippen LogP contribution in [0, 0.1) is 0 Å². The SMILES string of the molecule is CC(C)n1c(C(C)(C)C)cn2c3c(=O)n(C)c(=O)n(C)c3nc12. The van der Waals surface area contributed by atoms with Crippen molar-refractivity contribution in [3.63, 3.8) is 0 Å². The molecule has 0 bridgehead atoms. The molecule has 3 heterocycles. The Morgan fingerprint density at radius 3 is 2.22 bits per heavy atom. The van der Waals surface area contributed by atoms with Crippen molar-refractivity contribution in [2.75, 3.05) is 0 Å². The second kappa shape index (κ2) is 4.59. The van der Waals surface area contributed by atoms with Gasteiger partial charge in [-0.25, -0.2) is 4.79 Å². The number of hydrogen-bond acceptors (Lipinski definition) is 3. The van der Waals surface area contributed by atoms with Crippen molar-refractivity contribution in [2.24, 2.45) is 14.1 Å². The molecular weight excluding hydrogens is 294 g/mol. The van der Waals surface area contributed by atoms with E-state index in [1.54, 1.807) is 7.05 Å². The van der Waals surface area contributed by atoms with Crippen molar-refractivity contribution in [1.82, 2.24) is 23.1 Å². The fourth-order valence-electron chi connectivity index (χ4n) is 3.05. The van der Waals surface area contributed by atoms with Crippen molar-refractivity contribution in [3.8, 4) is 0 Å². The second-order valence-electron chi connectivity index (χ2n) is 7.39. The minimum atomic E-state index is -0.365. The molecule has 0 spiro atoms. The topological polar surface area (TPSA) is 66.2 Å². The Labute approximate surface area is 133 Å². The van der Waals surface area contributed by atoms with Crippen LogP contribution >= 0.6 is 0 Å². The number of aryl methyl sites for hydroxylation is 1. The van der Waals surface area contributed by atoms with E-state index in [2.05, 4.69) is 44.2 Å². The summed E-state index contributed by atoms with van der Waals surface area (Å²) in [5, 5.41) is 0. The molecular formula is C16H23N5O2. The van der Waals surface area contributed by atoms with Crippen molar-refractivity contribution < 1.29 is 0 Å². The van der Waals surface area contributed by atoms with Gasteiger partial charge in [-0.1, -0.05) is 20.8 Å².